The average Bonchev–Trinajstić information content (AvgIpc) is 3.15. The van der Waals surface area contributed by atoms with Crippen LogP contribution in [0, 0.1) is 11.2 Å². The first-order valence-corrected chi connectivity index (χ1v) is 13.6. The molecule has 0 amide bonds. The number of ether oxygens (including phenoxy) is 1. The lowest BCUT2D eigenvalue weighted by Crippen LogP contribution is -2.62. The molecule has 2 aliphatic heterocycles. The van der Waals surface area contributed by atoms with Gasteiger partial charge in [-0.2, -0.15) is 13.2 Å². The summed E-state index contributed by atoms with van der Waals surface area (Å²) in [5, 5.41) is 19.6. The molecule has 3 fully saturated rings. The smallest absolute Gasteiger partial charge is 0.417 e. The minimum atomic E-state index is -4.65. The van der Waals surface area contributed by atoms with E-state index in [1.54, 1.807) is 12.1 Å². The topological polar surface area (TPSA) is 79.5 Å². The molecule has 4 heterocycles. The highest BCUT2D eigenvalue weighted by Gasteiger charge is 2.62. The third kappa shape index (κ3) is 3.98. The molecule has 40 heavy (non-hydrogen) atoms. The van der Waals surface area contributed by atoms with Crippen LogP contribution in [0.15, 0.2) is 30.5 Å². The third-order valence-electron chi connectivity index (χ3n) is 9.07. The van der Waals surface area contributed by atoms with Gasteiger partial charge in [0.05, 0.1) is 25.5 Å². The first-order chi connectivity index (χ1) is 19.0. The second-order valence-corrected chi connectivity index (χ2v) is 12.2. The van der Waals surface area contributed by atoms with Crippen molar-refractivity contribution >= 4 is 17.4 Å². The van der Waals surface area contributed by atoms with Gasteiger partial charge in [0.2, 0.25) is 0 Å². The van der Waals surface area contributed by atoms with E-state index in [0.29, 0.717) is 29.8 Å². The molecule has 7 rings (SSSR count). The van der Waals surface area contributed by atoms with Crippen molar-refractivity contribution in [3.05, 3.63) is 58.5 Å². The fourth-order valence-electron chi connectivity index (χ4n) is 6.87. The van der Waals surface area contributed by atoms with Gasteiger partial charge in [-0.15, -0.1) is 10.2 Å². The third-order valence-corrected chi connectivity index (χ3v) is 9.31. The van der Waals surface area contributed by atoms with Gasteiger partial charge in [0, 0.05) is 60.9 Å². The van der Waals surface area contributed by atoms with Gasteiger partial charge in [-0.1, -0.05) is 11.6 Å². The summed E-state index contributed by atoms with van der Waals surface area (Å²) in [5.41, 5.74) is -0.764. The lowest BCUT2D eigenvalue weighted by molar-refractivity contribution is -0.300. The highest BCUT2D eigenvalue weighted by Crippen LogP contribution is 2.57. The molecular formula is C27H27ClF4N6O2. The molecule has 4 aliphatic rings. The number of anilines is 1. The summed E-state index contributed by atoms with van der Waals surface area (Å²) in [4.78, 5) is 8.25. The quantitative estimate of drug-likeness (QED) is 0.453. The first kappa shape index (κ1) is 26.0. The van der Waals surface area contributed by atoms with Crippen LogP contribution in [0.4, 0.5) is 23.4 Å². The summed E-state index contributed by atoms with van der Waals surface area (Å²) in [6.45, 7) is 2.32. The predicted molar refractivity (Wildman–Crippen MR) is 137 cm³/mol. The van der Waals surface area contributed by atoms with E-state index in [0.717, 1.165) is 43.0 Å². The van der Waals surface area contributed by atoms with E-state index in [2.05, 4.69) is 20.1 Å². The Labute approximate surface area is 232 Å². The van der Waals surface area contributed by atoms with E-state index in [9.17, 15) is 22.7 Å². The molecule has 1 aromatic carbocycles. The van der Waals surface area contributed by atoms with E-state index in [4.69, 9.17) is 16.3 Å². The first-order valence-electron chi connectivity index (χ1n) is 13.2. The molecule has 1 saturated heterocycles. The second kappa shape index (κ2) is 8.77. The normalized spacial score (nSPS) is 25.9. The maximum atomic E-state index is 13.8. The molecule has 212 valence electrons. The van der Waals surface area contributed by atoms with Gasteiger partial charge >= 0.3 is 6.18 Å². The fourth-order valence-corrected chi connectivity index (χ4v) is 7.07. The maximum Gasteiger partial charge on any atom is 0.417 e. The summed E-state index contributed by atoms with van der Waals surface area (Å²) in [6.07, 6.45) is -2.40. The molecule has 2 aromatic heterocycles. The number of halogens is 5. The zero-order chi connectivity index (χ0) is 28.0. The predicted octanol–water partition coefficient (Wildman–Crippen LogP) is 4.62. The number of benzene rings is 1. The Morgan fingerprint density at radius 1 is 1.07 bits per heavy atom. The number of nitrogens with zero attached hydrogens (tertiary/aromatic N) is 6. The lowest BCUT2D eigenvalue weighted by Gasteiger charge is -2.59. The van der Waals surface area contributed by atoms with Crippen molar-refractivity contribution in [2.45, 2.75) is 62.5 Å². The molecule has 2 aliphatic carbocycles. The highest BCUT2D eigenvalue weighted by molar-refractivity contribution is 6.30. The summed E-state index contributed by atoms with van der Waals surface area (Å²) < 4.78 is 60.8. The number of fused-ring (bicyclic) bond motifs is 3. The molecule has 1 spiro atoms. The van der Waals surface area contributed by atoms with Crippen LogP contribution in [0.3, 0.4) is 0 Å². The average molecular weight is 579 g/mol. The van der Waals surface area contributed by atoms with Crippen molar-refractivity contribution in [1.82, 2.24) is 24.6 Å². The van der Waals surface area contributed by atoms with Gasteiger partial charge in [0.1, 0.15) is 11.6 Å². The van der Waals surface area contributed by atoms with E-state index in [1.165, 1.54) is 13.3 Å². The minimum Gasteiger partial charge on any atom is -0.493 e. The largest absolute Gasteiger partial charge is 0.493 e. The SMILES string of the molecule is COc1cc(N2CC3(CC(c4nnc5n4-c4ccc(Cl)cc4CN(C4CC(O)(C(F)(F)F)C4)C5)C3)C2)ncc1F. The minimum absolute atomic E-state index is 0.119. The Balaban J connectivity index is 1.10. The van der Waals surface area contributed by atoms with Crippen molar-refractivity contribution in [1.29, 1.82) is 0 Å². The van der Waals surface area contributed by atoms with Gasteiger partial charge in [-0.25, -0.2) is 9.37 Å². The molecule has 0 atom stereocenters. The number of hydrogen-bond acceptors (Lipinski definition) is 7. The molecule has 13 heteroatoms. The van der Waals surface area contributed by atoms with Gasteiger partial charge in [-0.3, -0.25) is 9.47 Å². The standard InChI is InChI=1S/C27H27ClF4N6O2/c1-40-21-5-22(33-10-19(21)29)37-13-25(14-37)6-16(7-25)24-35-34-23-12-36(18-8-26(39,9-18)27(30,31)32)11-15-4-17(28)2-3-20(15)38(23)24/h2-5,10,16,18,39H,6-9,11-14H2,1H3. The molecule has 0 bridgehead atoms. The molecular weight excluding hydrogens is 552 g/mol. The van der Waals surface area contributed by atoms with E-state index in [-0.39, 0.29) is 29.9 Å². The van der Waals surface area contributed by atoms with Crippen molar-refractivity contribution in [2.24, 2.45) is 5.41 Å². The van der Waals surface area contributed by atoms with Crippen molar-refractivity contribution < 1.29 is 27.4 Å². The summed E-state index contributed by atoms with van der Waals surface area (Å²) >= 11 is 6.32. The monoisotopic (exact) mass is 578 g/mol. The summed E-state index contributed by atoms with van der Waals surface area (Å²) in [7, 11) is 1.43. The second-order valence-electron chi connectivity index (χ2n) is 11.7. The zero-order valence-electron chi connectivity index (χ0n) is 21.6. The van der Waals surface area contributed by atoms with Gasteiger partial charge in [0.25, 0.3) is 0 Å². The number of aliphatic hydroxyl groups is 1. The number of pyridine rings is 1. The van der Waals surface area contributed by atoms with Crippen molar-refractivity contribution in [3.8, 4) is 11.4 Å². The van der Waals surface area contributed by atoms with E-state index >= 15 is 0 Å². The lowest BCUT2D eigenvalue weighted by atomic mass is 9.57. The molecule has 1 N–H and O–H groups in total. The van der Waals surface area contributed by atoms with Crippen LogP contribution in [0.1, 0.15) is 48.8 Å². The van der Waals surface area contributed by atoms with Crippen LogP contribution in [0.2, 0.25) is 5.02 Å². The maximum absolute atomic E-state index is 13.8. The van der Waals surface area contributed by atoms with Gasteiger partial charge < -0.3 is 14.7 Å². The summed E-state index contributed by atoms with van der Waals surface area (Å²) in [5.74, 6) is 2.03. The van der Waals surface area contributed by atoms with E-state index < -0.39 is 23.6 Å². The number of hydrogen-bond donors (Lipinski definition) is 1. The number of rotatable bonds is 4. The van der Waals surface area contributed by atoms with E-state index in [1.807, 2.05) is 21.6 Å². The van der Waals surface area contributed by atoms with Crippen LogP contribution in [-0.2, 0) is 13.1 Å². The molecule has 3 aromatic rings. The Bertz CT molecular complexity index is 1480. The molecule has 0 unspecified atom stereocenters. The Kier molecular flexibility index (Phi) is 5.69. The Hall–Kier alpha value is -2.96. The number of aromatic nitrogens is 4. The van der Waals surface area contributed by atoms with Crippen LogP contribution in [-0.4, -0.2) is 67.8 Å². The molecule has 2 saturated carbocycles. The number of alkyl halides is 3. The van der Waals surface area contributed by atoms with Crippen LogP contribution < -0.4 is 9.64 Å². The van der Waals surface area contributed by atoms with Gasteiger partial charge in [-0.05, 0) is 36.6 Å². The zero-order valence-corrected chi connectivity index (χ0v) is 22.4. The summed E-state index contributed by atoms with van der Waals surface area (Å²) in [6, 6.07) is 6.73. The Morgan fingerprint density at radius 2 is 1.82 bits per heavy atom. The van der Waals surface area contributed by atoms with Crippen LogP contribution in [0.25, 0.3) is 5.69 Å². The van der Waals surface area contributed by atoms with Crippen molar-refractivity contribution in [2.75, 3.05) is 25.1 Å². The number of methoxy groups -OCH3 is 1. The highest BCUT2D eigenvalue weighted by atomic mass is 35.5. The Morgan fingerprint density at radius 3 is 2.52 bits per heavy atom. The van der Waals surface area contributed by atoms with Crippen LogP contribution >= 0.6 is 11.6 Å². The molecule has 0 radical (unpaired) electrons. The van der Waals surface area contributed by atoms with Crippen molar-refractivity contribution in [3.63, 3.8) is 0 Å². The molecule has 8 nitrogen and oxygen atoms in total. The van der Waals surface area contributed by atoms with Gasteiger partial charge in [0.15, 0.2) is 23.0 Å². The fraction of sp³-hybridized carbons (Fsp3) is 0.519. The van der Waals surface area contributed by atoms with Crippen LogP contribution in [0.5, 0.6) is 5.75 Å².